The Labute approximate surface area is 169 Å². The minimum absolute atomic E-state index is 0.0920. The lowest BCUT2D eigenvalue weighted by atomic mass is 9.68. The van der Waals surface area contributed by atoms with E-state index in [1.54, 1.807) is 0 Å². The van der Waals surface area contributed by atoms with Crippen molar-refractivity contribution in [1.82, 2.24) is 5.32 Å². The summed E-state index contributed by atoms with van der Waals surface area (Å²) in [5, 5.41) is 3.35. The molecule has 0 saturated carbocycles. The van der Waals surface area contributed by atoms with Gasteiger partial charge in [-0.05, 0) is 42.9 Å². The Balaban J connectivity index is 2.14. The maximum atomic E-state index is 13.1. The Kier molecular flexibility index (Phi) is 5.61. The molecular formula is C22H26BrNO3. The summed E-state index contributed by atoms with van der Waals surface area (Å²) in [5.74, 6) is -0.644. The van der Waals surface area contributed by atoms with Crippen LogP contribution in [-0.4, -0.2) is 18.4 Å². The maximum absolute atomic E-state index is 13.1. The molecule has 0 bridgehead atoms. The van der Waals surface area contributed by atoms with Crippen LogP contribution in [0.4, 0.5) is 0 Å². The van der Waals surface area contributed by atoms with E-state index in [-0.39, 0.29) is 17.2 Å². The van der Waals surface area contributed by atoms with E-state index in [0.717, 1.165) is 34.3 Å². The Morgan fingerprint density at radius 3 is 2.74 bits per heavy atom. The van der Waals surface area contributed by atoms with Crippen LogP contribution >= 0.6 is 15.9 Å². The van der Waals surface area contributed by atoms with Gasteiger partial charge in [0.05, 0.1) is 12.2 Å². The van der Waals surface area contributed by atoms with Gasteiger partial charge in [-0.3, -0.25) is 4.79 Å². The number of allylic oxidation sites excluding steroid dienone is 3. The van der Waals surface area contributed by atoms with Crippen LogP contribution in [0.5, 0.6) is 0 Å². The van der Waals surface area contributed by atoms with Gasteiger partial charge in [-0.15, -0.1) is 0 Å². The monoisotopic (exact) mass is 431 g/mol. The summed E-state index contributed by atoms with van der Waals surface area (Å²) in [6.07, 6.45) is 2.02. The number of halogens is 1. The van der Waals surface area contributed by atoms with Crippen LogP contribution < -0.4 is 5.32 Å². The van der Waals surface area contributed by atoms with Crippen molar-refractivity contribution in [2.24, 2.45) is 5.41 Å². The highest BCUT2D eigenvalue weighted by Crippen LogP contribution is 2.47. The molecule has 1 aromatic carbocycles. The summed E-state index contributed by atoms with van der Waals surface area (Å²) in [7, 11) is 0. The number of ketones is 1. The predicted molar refractivity (Wildman–Crippen MR) is 109 cm³/mol. The van der Waals surface area contributed by atoms with E-state index in [4.69, 9.17) is 4.74 Å². The second-order valence-electron chi connectivity index (χ2n) is 8.12. The van der Waals surface area contributed by atoms with Crippen molar-refractivity contribution in [2.75, 3.05) is 6.61 Å². The minimum Gasteiger partial charge on any atom is -0.462 e. The molecule has 1 N–H and O–H groups in total. The average molecular weight is 432 g/mol. The highest BCUT2D eigenvalue weighted by atomic mass is 79.9. The molecule has 0 unspecified atom stereocenters. The van der Waals surface area contributed by atoms with Crippen LogP contribution in [0.1, 0.15) is 58.4 Å². The fourth-order valence-corrected chi connectivity index (χ4v) is 4.42. The molecular weight excluding hydrogens is 406 g/mol. The molecule has 0 saturated heterocycles. The highest BCUT2D eigenvalue weighted by Gasteiger charge is 2.43. The predicted octanol–water partition coefficient (Wildman–Crippen LogP) is 5.01. The van der Waals surface area contributed by atoms with E-state index in [1.165, 1.54) is 0 Å². The van der Waals surface area contributed by atoms with Crippen LogP contribution in [0, 0.1) is 5.41 Å². The van der Waals surface area contributed by atoms with E-state index < -0.39 is 5.92 Å². The van der Waals surface area contributed by atoms with Gasteiger partial charge >= 0.3 is 5.97 Å². The van der Waals surface area contributed by atoms with E-state index in [1.807, 2.05) is 38.1 Å². The molecule has 0 amide bonds. The lowest BCUT2D eigenvalue weighted by Crippen LogP contribution is -2.38. The third-order valence-corrected chi connectivity index (χ3v) is 5.57. The van der Waals surface area contributed by atoms with Crippen molar-refractivity contribution >= 4 is 27.7 Å². The Bertz CT molecular complexity index is 851. The third-order valence-electron chi connectivity index (χ3n) is 5.08. The van der Waals surface area contributed by atoms with Crippen molar-refractivity contribution in [3.05, 3.63) is 56.8 Å². The van der Waals surface area contributed by atoms with Gasteiger partial charge in [0.25, 0.3) is 0 Å². The second-order valence-corrected chi connectivity index (χ2v) is 9.04. The zero-order valence-corrected chi connectivity index (χ0v) is 17.9. The summed E-state index contributed by atoms with van der Waals surface area (Å²) in [4.78, 5) is 26.0. The zero-order valence-electron chi connectivity index (χ0n) is 16.3. The number of hydrogen-bond donors (Lipinski definition) is 1. The molecule has 0 radical (unpaired) electrons. The molecule has 5 heteroatoms. The van der Waals surface area contributed by atoms with E-state index >= 15 is 0 Å². The molecule has 1 atom stereocenters. The summed E-state index contributed by atoms with van der Waals surface area (Å²) in [6, 6.07) is 7.83. The number of ether oxygens (including phenoxy) is 1. The number of Topliss-reactive ketones (excluding diaryl/α,β-unsaturated/α-hetero) is 1. The van der Waals surface area contributed by atoms with Crippen molar-refractivity contribution in [1.29, 1.82) is 0 Å². The van der Waals surface area contributed by atoms with Crippen LogP contribution in [0.15, 0.2) is 51.3 Å². The molecule has 1 aromatic rings. The molecule has 2 aliphatic rings. The van der Waals surface area contributed by atoms with Gasteiger partial charge in [0.2, 0.25) is 0 Å². The number of nitrogens with one attached hydrogen (secondary N) is 1. The van der Waals surface area contributed by atoms with E-state index in [0.29, 0.717) is 24.2 Å². The van der Waals surface area contributed by atoms with Crippen LogP contribution in [0.2, 0.25) is 0 Å². The van der Waals surface area contributed by atoms with Crippen LogP contribution in [0.3, 0.4) is 0 Å². The number of rotatable bonds is 4. The van der Waals surface area contributed by atoms with Gasteiger partial charge in [-0.1, -0.05) is 48.8 Å². The molecule has 0 fully saturated rings. The number of carbonyl (C=O) groups excluding carboxylic acids is 2. The van der Waals surface area contributed by atoms with Crippen LogP contribution in [0.25, 0.3) is 0 Å². The molecule has 1 heterocycles. The molecule has 0 spiro atoms. The van der Waals surface area contributed by atoms with Crippen molar-refractivity contribution < 1.29 is 14.3 Å². The molecule has 0 aromatic heterocycles. The first-order chi connectivity index (χ1) is 12.7. The minimum atomic E-state index is -0.397. The summed E-state index contributed by atoms with van der Waals surface area (Å²) in [5.41, 5.74) is 3.78. The van der Waals surface area contributed by atoms with Gasteiger partial charge in [0.1, 0.15) is 0 Å². The fraction of sp³-hybridized carbons (Fsp3) is 0.455. The topological polar surface area (TPSA) is 55.4 Å². The largest absolute Gasteiger partial charge is 0.462 e. The SMILES string of the molecule is CCCOC(=O)C1=C(C)NC2=C(C(=O)CC(C)(C)C2)[C@H]1c1cccc(Br)c1. The first kappa shape index (κ1) is 19.9. The van der Waals surface area contributed by atoms with E-state index in [9.17, 15) is 9.59 Å². The molecule has 144 valence electrons. The first-order valence-corrected chi connectivity index (χ1v) is 10.2. The summed E-state index contributed by atoms with van der Waals surface area (Å²) >= 11 is 3.52. The van der Waals surface area contributed by atoms with E-state index in [2.05, 4.69) is 35.1 Å². The molecule has 4 nitrogen and oxygen atoms in total. The standard InChI is InChI=1S/C22H26BrNO3/c1-5-9-27-21(26)18-13(2)24-16-11-22(3,4)12-17(25)20(16)19(18)14-7-6-8-15(23)10-14/h6-8,10,19,24H,5,9,11-12H2,1-4H3/t19-/m0/s1. The second kappa shape index (κ2) is 7.63. The molecule has 1 aliphatic heterocycles. The normalized spacial score (nSPS) is 21.7. The Morgan fingerprint density at radius 2 is 2.07 bits per heavy atom. The van der Waals surface area contributed by atoms with Crippen molar-refractivity contribution in [2.45, 2.75) is 52.9 Å². The number of dihydropyridines is 1. The summed E-state index contributed by atoms with van der Waals surface area (Å²) in [6.45, 7) is 8.44. The number of hydrogen-bond acceptors (Lipinski definition) is 4. The van der Waals surface area contributed by atoms with Gasteiger partial charge in [0, 0.05) is 33.8 Å². The quantitative estimate of drug-likeness (QED) is 0.680. The summed E-state index contributed by atoms with van der Waals surface area (Å²) < 4.78 is 6.38. The highest BCUT2D eigenvalue weighted by molar-refractivity contribution is 9.10. The zero-order chi connectivity index (χ0) is 19.8. The molecule has 3 rings (SSSR count). The van der Waals surface area contributed by atoms with Gasteiger partial charge < -0.3 is 10.1 Å². The number of benzene rings is 1. The number of esters is 1. The molecule has 1 aliphatic carbocycles. The smallest absolute Gasteiger partial charge is 0.336 e. The lowest BCUT2D eigenvalue weighted by molar-refractivity contribution is -0.139. The first-order valence-electron chi connectivity index (χ1n) is 9.40. The molecule has 27 heavy (non-hydrogen) atoms. The lowest BCUT2D eigenvalue weighted by Gasteiger charge is -2.39. The van der Waals surface area contributed by atoms with Gasteiger partial charge in [-0.2, -0.15) is 0 Å². The van der Waals surface area contributed by atoms with Gasteiger partial charge in [0.15, 0.2) is 5.78 Å². The average Bonchev–Trinajstić information content (AvgIpc) is 2.57. The third kappa shape index (κ3) is 4.03. The Morgan fingerprint density at radius 1 is 1.33 bits per heavy atom. The maximum Gasteiger partial charge on any atom is 0.336 e. The van der Waals surface area contributed by atoms with Gasteiger partial charge in [-0.25, -0.2) is 4.79 Å². The van der Waals surface area contributed by atoms with Crippen molar-refractivity contribution in [3.8, 4) is 0 Å². The number of carbonyl (C=O) groups is 2. The van der Waals surface area contributed by atoms with Crippen molar-refractivity contribution in [3.63, 3.8) is 0 Å². The fourth-order valence-electron chi connectivity index (χ4n) is 4.00. The Hall–Kier alpha value is -1.88. The van der Waals surface area contributed by atoms with Crippen LogP contribution in [-0.2, 0) is 14.3 Å².